The number of nitrogens with one attached hydrogen (secondary N) is 8. The van der Waals surface area contributed by atoms with E-state index in [2.05, 4.69) is 42.5 Å². The first-order valence-corrected chi connectivity index (χ1v) is 40.4. The van der Waals surface area contributed by atoms with Crippen molar-refractivity contribution in [1.29, 1.82) is 0 Å². The quantitative estimate of drug-likeness (QED) is 0.0148. The summed E-state index contributed by atoms with van der Waals surface area (Å²) in [6.07, 6.45) is 1.83. The molecule has 0 unspecified atom stereocenters. The van der Waals surface area contributed by atoms with Crippen LogP contribution >= 0.6 is 0 Å². The summed E-state index contributed by atoms with van der Waals surface area (Å²) in [7, 11) is 1.30. The van der Waals surface area contributed by atoms with E-state index in [1.165, 1.54) is 56.5 Å². The number of carbonyl (C=O) groups excluding carboxylic acids is 16. The van der Waals surface area contributed by atoms with Crippen molar-refractivity contribution < 1.29 is 121 Å². The second-order valence-electron chi connectivity index (χ2n) is 31.1. The van der Waals surface area contributed by atoms with Crippen LogP contribution in [-0.2, 0) is 86.6 Å². The number of benzene rings is 4. The number of anilines is 2. The number of aliphatic hydroxyl groups is 3. The predicted octanol–water partition coefficient (Wildman–Crippen LogP) is 4.26. The summed E-state index contributed by atoms with van der Waals surface area (Å²) in [4.78, 5) is 205. The number of primary amides is 2. The second-order valence-corrected chi connectivity index (χ2v) is 31.1. The molecule has 3 heterocycles. The lowest BCUT2D eigenvalue weighted by atomic mass is 9.72. The van der Waals surface area contributed by atoms with E-state index in [0.29, 0.717) is 73.9 Å². The van der Waals surface area contributed by atoms with Gasteiger partial charge in [-0.2, -0.15) is 0 Å². The first-order chi connectivity index (χ1) is 57.9. The van der Waals surface area contributed by atoms with Gasteiger partial charge >= 0.3 is 18.2 Å². The number of unbranched alkanes of at least 4 members (excludes halogenated alkanes) is 4. The number of aliphatic hydroxyl groups excluding tert-OH is 2. The molecular formula is C85H108N12O25. The number of methoxy groups -OCH3 is 1. The molecule has 2 aliphatic carbocycles. The lowest BCUT2D eigenvalue weighted by molar-refractivity contribution is -0.249. The van der Waals surface area contributed by atoms with Crippen molar-refractivity contribution in [3.63, 3.8) is 0 Å². The lowest BCUT2D eigenvalue weighted by Crippen LogP contribution is -2.55. The molecule has 14 amide bonds. The molecule has 0 radical (unpaired) electrons. The van der Waals surface area contributed by atoms with Crippen LogP contribution in [-0.4, -0.2) is 211 Å². The number of alkyl carbamates (subject to hydrolysis) is 1. The minimum absolute atomic E-state index is 0.0470. The van der Waals surface area contributed by atoms with Gasteiger partial charge in [-0.3, -0.25) is 72.1 Å². The number of imide groups is 2. The third kappa shape index (κ3) is 25.6. The summed E-state index contributed by atoms with van der Waals surface area (Å²) < 4.78 is 23.1. The van der Waals surface area contributed by atoms with Crippen molar-refractivity contribution in [1.82, 2.24) is 41.7 Å². The molecule has 5 aliphatic rings. The van der Waals surface area contributed by atoms with E-state index in [1.807, 2.05) is 0 Å². The van der Waals surface area contributed by atoms with Crippen molar-refractivity contribution in [2.45, 2.75) is 212 Å². The minimum atomic E-state index is -2.18. The number of phenols is 2. The standard InChI is InChI=1S/C57H68N6O18.C28H40N6O7/c1-28(2)48(62-40(66)14-7-6-8-22-63-41(67)19-20-42(63)68)37(65)23-32(11-10-21-59-55(58)75)54(74)60-33-17-15-31(16-18-33)27-79-56(76)61-36-24-43(80-29(3)49(36)69)81-39-26-57(77,30(4)64)25-35-45(39)53(73)47-46(51(35)71)50(70)34-12-9-13-38(78-5)44(34)52(47)72;1-18(2)25(33-22(36)8-4-3-5-16-34-23(37)13-14-24(34)38)27(40)32-21(7-6-15-30-28(29)41)26(39)31-20-11-9-19(17-35)10-12-20/h9,12-13,15-20,28-29,32,36,39,43,48-49,69,71,73,77H,6-8,10-11,14,21-27H2,1-5H3,(H,60,74)(H,61,76)(H,62,66)(H3,58,59,75);9-14,18,21,25,35H,3-8,15-17H2,1-2H3,(H,31,39)(H,32,40)(H,33,36)(H3,29,30,41)/t29-,32+,36-,39-,43-,48-,49+,57-;21-,25-/m00/s1. The molecule has 17 N–H and O–H groups in total. The molecule has 1 saturated heterocycles. The molecule has 4 aromatic carbocycles. The van der Waals surface area contributed by atoms with Gasteiger partial charge in [0.15, 0.2) is 23.6 Å². The SMILES string of the molecule is CC(C)[C@H](NC(=O)CCCCCN1C(=O)C=CC1=O)C(=O)N[C@@H](CCCNC(N)=O)C(=O)Nc1ccc(CO)cc1.COc1cccc2c1C(=O)c1c(O)c3c(c(O)c1C2=O)C[C@@](O)(C(C)=O)C[C@@H]3O[C@H]1C[C@H](NC(=O)OCc2ccc(NC(=O)[C@H](CCCNC(N)=O)CC(=O)[C@@H](NC(=O)CCCCCN3C(=O)C=CC3=O)C(C)C)cc2)[C@H](O)[C@H](C)O1. The number of nitrogens with zero attached hydrogens (tertiary/aromatic N) is 2. The topological polar surface area (TPSA) is 566 Å². The fourth-order valence-electron chi connectivity index (χ4n) is 14.7. The molecule has 658 valence electrons. The van der Waals surface area contributed by atoms with Crippen molar-refractivity contribution in [3.8, 4) is 17.2 Å². The third-order valence-corrected chi connectivity index (χ3v) is 21.5. The Bertz CT molecular complexity index is 4610. The Hall–Kier alpha value is -12.3. The van der Waals surface area contributed by atoms with Crippen molar-refractivity contribution in [3.05, 3.63) is 136 Å². The van der Waals surface area contributed by atoms with Gasteiger partial charge in [0.05, 0.1) is 54.7 Å². The summed E-state index contributed by atoms with van der Waals surface area (Å²) in [6.45, 7) is 10.2. The minimum Gasteiger partial charge on any atom is -0.507 e. The zero-order chi connectivity index (χ0) is 89.4. The number of aromatic hydroxyl groups is 2. The highest BCUT2D eigenvalue weighted by molar-refractivity contribution is 6.31. The molecule has 4 aromatic rings. The molecule has 0 aromatic heterocycles. The van der Waals surface area contributed by atoms with Gasteiger partial charge < -0.3 is 98.5 Å². The van der Waals surface area contributed by atoms with Gasteiger partial charge in [0.1, 0.15) is 47.6 Å². The van der Waals surface area contributed by atoms with Crippen LogP contribution in [0.25, 0.3) is 0 Å². The van der Waals surface area contributed by atoms with Gasteiger partial charge in [-0.25, -0.2) is 14.4 Å². The molecule has 37 nitrogen and oxygen atoms in total. The number of urea groups is 2. The van der Waals surface area contributed by atoms with E-state index < -0.39 is 149 Å². The van der Waals surface area contributed by atoms with E-state index in [0.717, 1.165) is 16.7 Å². The molecule has 37 heteroatoms. The zero-order valence-corrected chi connectivity index (χ0v) is 69.0. The number of phenolic OH excluding ortho intramolecular Hbond substituents is 2. The summed E-state index contributed by atoms with van der Waals surface area (Å²) in [5, 5.41) is 76.9. The van der Waals surface area contributed by atoms with E-state index >= 15 is 0 Å². The molecule has 0 spiro atoms. The number of Topliss-reactive ketones (excluding diaryl/α,β-unsaturated/α-hetero) is 2. The van der Waals surface area contributed by atoms with Gasteiger partial charge in [0.2, 0.25) is 35.3 Å². The number of hydrogen-bond acceptors (Lipinski definition) is 25. The largest absolute Gasteiger partial charge is 0.507 e. The number of amides is 14. The number of ether oxygens (including phenoxy) is 4. The predicted molar refractivity (Wildman–Crippen MR) is 436 cm³/mol. The van der Waals surface area contributed by atoms with Crippen LogP contribution < -0.4 is 58.7 Å². The Kier molecular flexibility index (Phi) is 34.5. The summed E-state index contributed by atoms with van der Waals surface area (Å²) in [5.74, 6) is -9.26. The van der Waals surface area contributed by atoms with Crippen LogP contribution in [0.5, 0.6) is 17.2 Å². The van der Waals surface area contributed by atoms with Crippen molar-refractivity contribution in [2.24, 2.45) is 29.2 Å². The lowest BCUT2D eigenvalue weighted by Gasteiger charge is -2.42. The van der Waals surface area contributed by atoms with Crippen LogP contribution in [0.4, 0.5) is 25.8 Å². The molecule has 9 rings (SSSR count). The molecule has 122 heavy (non-hydrogen) atoms. The maximum Gasteiger partial charge on any atom is 0.407 e. The average Bonchev–Trinajstić information content (AvgIpc) is 0.767. The average molecular weight is 1700 g/mol. The highest BCUT2D eigenvalue weighted by Gasteiger charge is 2.50. The van der Waals surface area contributed by atoms with Gasteiger partial charge in [0.25, 0.3) is 23.6 Å². The number of fused-ring (bicyclic) bond motifs is 3. The van der Waals surface area contributed by atoms with E-state index in [9.17, 15) is 102 Å². The van der Waals surface area contributed by atoms with Crippen LogP contribution in [0.15, 0.2) is 91.0 Å². The molecule has 1 fully saturated rings. The number of hydrogen-bond donors (Lipinski definition) is 15. The molecule has 0 saturated carbocycles. The Morgan fingerprint density at radius 3 is 1.67 bits per heavy atom. The van der Waals surface area contributed by atoms with Gasteiger partial charge in [-0.05, 0) is 119 Å². The molecule has 0 bridgehead atoms. The molecular weight excluding hydrogens is 1590 g/mol. The Morgan fingerprint density at radius 1 is 0.623 bits per heavy atom. The van der Waals surface area contributed by atoms with Crippen LogP contribution in [0.3, 0.4) is 0 Å². The zero-order valence-electron chi connectivity index (χ0n) is 69.0. The number of carbonyl (C=O) groups is 16. The molecule has 3 aliphatic heterocycles. The first kappa shape index (κ1) is 95.2. The van der Waals surface area contributed by atoms with E-state index in [4.69, 9.17) is 30.4 Å². The second kappa shape index (κ2) is 44.3. The van der Waals surface area contributed by atoms with E-state index in [-0.39, 0.29) is 159 Å². The first-order valence-electron chi connectivity index (χ1n) is 40.4. The Morgan fingerprint density at radius 2 is 1.15 bits per heavy atom. The maximum absolute atomic E-state index is 14.1. The normalized spacial score (nSPS) is 19.2. The summed E-state index contributed by atoms with van der Waals surface area (Å²) >= 11 is 0. The Labute approximate surface area is 703 Å². The van der Waals surface area contributed by atoms with Crippen molar-refractivity contribution >= 4 is 106 Å². The number of rotatable bonds is 41. The molecule has 10 atom stereocenters. The third-order valence-electron chi connectivity index (χ3n) is 21.5. The maximum atomic E-state index is 14.1. The van der Waals surface area contributed by atoms with Gasteiger partial charge in [-0.15, -0.1) is 0 Å². The van der Waals surface area contributed by atoms with Crippen LogP contribution in [0.1, 0.15) is 198 Å². The summed E-state index contributed by atoms with van der Waals surface area (Å²) in [6, 6.07) is 11.9. The fraction of sp³-hybridized carbons (Fsp3) is 0.482. The highest BCUT2D eigenvalue weighted by atomic mass is 16.7. The fourth-order valence-corrected chi connectivity index (χ4v) is 14.7. The van der Waals surface area contributed by atoms with Crippen LogP contribution in [0.2, 0.25) is 0 Å². The van der Waals surface area contributed by atoms with E-state index in [1.54, 1.807) is 76.2 Å². The number of nitrogens with two attached hydrogens (primary N) is 2. The van der Waals surface area contributed by atoms with Gasteiger partial charge in [-0.1, -0.05) is 76.9 Å². The van der Waals surface area contributed by atoms with Crippen molar-refractivity contribution in [2.75, 3.05) is 43.9 Å². The highest BCUT2D eigenvalue weighted by Crippen LogP contribution is 2.53. The summed E-state index contributed by atoms with van der Waals surface area (Å²) in [5.41, 5.74) is 8.45. The van der Waals surface area contributed by atoms with Crippen LogP contribution in [0, 0.1) is 17.8 Å². The number of ketones is 4. The smallest absolute Gasteiger partial charge is 0.407 e. The van der Waals surface area contributed by atoms with Gasteiger partial charge in [0, 0.05) is 123 Å². The Balaban J connectivity index is 0.000000378. The monoisotopic (exact) mass is 1700 g/mol.